The molecule has 2 N–H and O–H groups in total. The smallest absolute Gasteiger partial charge is 0.314 e. The van der Waals surface area contributed by atoms with Crippen LogP contribution in [0.1, 0.15) is 24.8 Å². The number of aliphatic carboxylic acids is 1. The van der Waals surface area contributed by atoms with E-state index in [-0.39, 0.29) is 4.90 Å². The predicted molar refractivity (Wildman–Crippen MR) is 76.7 cm³/mol. The summed E-state index contributed by atoms with van der Waals surface area (Å²) in [6.45, 7) is 0.791. The molecule has 1 aliphatic rings. The summed E-state index contributed by atoms with van der Waals surface area (Å²) < 4.78 is 31.4. The standard InChI is InChI=1S/C14H19NO5S/c1-20-10-2-9-15-21(18,19)12-5-3-11(4-6-12)14(7-8-14)13(16)17/h3-6,15H,2,7-10H2,1H3,(H,16,17). The Balaban J connectivity index is 2.06. The number of hydrogen-bond acceptors (Lipinski definition) is 4. The molecule has 0 atom stereocenters. The van der Waals surface area contributed by atoms with Crippen LogP contribution in [-0.2, 0) is 25.0 Å². The second-order valence-electron chi connectivity index (χ2n) is 5.16. The van der Waals surface area contributed by atoms with Gasteiger partial charge in [-0.15, -0.1) is 0 Å². The van der Waals surface area contributed by atoms with Gasteiger partial charge in [0.15, 0.2) is 0 Å². The molecule has 0 spiro atoms. The quantitative estimate of drug-likeness (QED) is 0.702. The van der Waals surface area contributed by atoms with E-state index in [4.69, 9.17) is 4.74 Å². The Morgan fingerprint density at radius 1 is 1.33 bits per heavy atom. The Bertz CT molecular complexity index is 605. The molecule has 116 valence electrons. The number of carboxylic acid groups (broad SMARTS) is 1. The molecular weight excluding hydrogens is 294 g/mol. The van der Waals surface area contributed by atoms with Gasteiger partial charge >= 0.3 is 5.97 Å². The van der Waals surface area contributed by atoms with Crippen LogP contribution < -0.4 is 4.72 Å². The second-order valence-corrected chi connectivity index (χ2v) is 6.92. The van der Waals surface area contributed by atoms with Crippen molar-refractivity contribution in [3.8, 4) is 0 Å². The molecule has 0 bridgehead atoms. The topological polar surface area (TPSA) is 92.7 Å². The Morgan fingerprint density at radius 2 is 1.95 bits per heavy atom. The summed E-state index contributed by atoms with van der Waals surface area (Å²) in [6.07, 6.45) is 1.79. The molecule has 21 heavy (non-hydrogen) atoms. The molecule has 6 nitrogen and oxygen atoms in total. The molecular formula is C14H19NO5S. The fourth-order valence-electron chi connectivity index (χ4n) is 2.21. The minimum absolute atomic E-state index is 0.143. The fraction of sp³-hybridized carbons (Fsp3) is 0.500. The number of hydrogen-bond donors (Lipinski definition) is 2. The lowest BCUT2D eigenvalue weighted by Crippen LogP contribution is -2.26. The van der Waals surface area contributed by atoms with Gasteiger partial charge in [-0.1, -0.05) is 12.1 Å². The Morgan fingerprint density at radius 3 is 2.43 bits per heavy atom. The summed E-state index contributed by atoms with van der Waals surface area (Å²) in [7, 11) is -2.00. The van der Waals surface area contributed by atoms with Gasteiger partial charge in [-0.05, 0) is 37.0 Å². The molecule has 1 aromatic rings. The average Bonchev–Trinajstić information content (AvgIpc) is 3.25. The van der Waals surface area contributed by atoms with Crippen LogP contribution in [0.5, 0.6) is 0 Å². The maximum Gasteiger partial charge on any atom is 0.314 e. The maximum atomic E-state index is 12.0. The van der Waals surface area contributed by atoms with Gasteiger partial charge in [-0.3, -0.25) is 4.79 Å². The van der Waals surface area contributed by atoms with E-state index in [2.05, 4.69) is 4.72 Å². The van der Waals surface area contributed by atoms with Gasteiger partial charge in [0.05, 0.1) is 10.3 Å². The van der Waals surface area contributed by atoms with Crippen molar-refractivity contribution in [1.82, 2.24) is 4.72 Å². The lowest BCUT2D eigenvalue weighted by Gasteiger charge is -2.11. The molecule has 1 aliphatic carbocycles. The third-order valence-corrected chi connectivity index (χ3v) is 5.17. The van der Waals surface area contributed by atoms with Crippen molar-refractivity contribution in [3.05, 3.63) is 29.8 Å². The lowest BCUT2D eigenvalue weighted by molar-refractivity contribution is -0.140. The highest BCUT2D eigenvalue weighted by Crippen LogP contribution is 2.48. The molecule has 0 radical (unpaired) electrons. The van der Waals surface area contributed by atoms with Crippen LogP contribution in [0.2, 0.25) is 0 Å². The minimum atomic E-state index is -3.56. The first-order chi connectivity index (χ1) is 9.92. The highest BCUT2D eigenvalue weighted by Gasteiger charge is 2.51. The zero-order valence-corrected chi connectivity index (χ0v) is 12.6. The maximum absolute atomic E-state index is 12.0. The van der Waals surface area contributed by atoms with Gasteiger partial charge in [-0.2, -0.15) is 0 Å². The predicted octanol–water partition coefficient (Wildman–Crippen LogP) is 1.12. The zero-order chi connectivity index (χ0) is 15.5. The van der Waals surface area contributed by atoms with Crippen LogP contribution in [0.4, 0.5) is 0 Å². The summed E-state index contributed by atoms with van der Waals surface area (Å²) in [5.74, 6) is -0.851. The number of rotatable bonds is 8. The molecule has 0 saturated heterocycles. The van der Waals surface area contributed by atoms with Gasteiger partial charge in [0, 0.05) is 20.3 Å². The highest BCUT2D eigenvalue weighted by molar-refractivity contribution is 7.89. The third-order valence-electron chi connectivity index (χ3n) is 3.69. The first kappa shape index (κ1) is 15.9. The van der Waals surface area contributed by atoms with Crippen LogP contribution in [0, 0.1) is 0 Å². The van der Waals surface area contributed by atoms with Crippen molar-refractivity contribution in [2.75, 3.05) is 20.3 Å². The van der Waals surface area contributed by atoms with E-state index < -0.39 is 21.4 Å². The van der Waals surface area contributed by atoms with Crippen LogP contribution >= 0.6 is 0 Å². The van der Waals surface area contributed by atoms with E-state index in [1.807, 2.05) is 0 Å². The van der Waals surface area contributed by atoms with E-state index in [1.165, 1.54) is 12.1 Å². The summed E-state index contributed by atoms with van der Waals surface area (Å²) in [5.41, 5.74) is -0.151. The van der Waals surface area contributed by atoms with Gasteiger partial charge in [0.2, 0.25) is 10.0 Å². The minimum Gasteiger partial charge on any atom is -0.481 e. The van der Waals surface area contributed by atoms with E-state index in [1.54, 1.807) is 19.2 Å². The third kappa shape index (κ3) is 3.42. The van der Waals surface area contributed by atoms with Crippen LogP contribution in [0.25, 0.3) is 0 Å². The van der Waals surface area contributed by atoms with Crippen LogP contribution in [-0.4, -0.2) is 39.8 Å². The largest absolute Gasteiger partial charge is 0.481 e. The number of ether oxygens (including phenoxy) is 1. The number of carboxylic acids is 1. The Kier molecular flexibility index (Phi) is 4.65. The number of sulfonamides is 1. The molecule has 0 aromatic heterocycles. The van der Waals surface area contributed by atoms with Crippen molar-refractivity contribution in [3.63, 3.8) is 0 Å². The zero-order valence-electron chi connectivity index (χ0n) is 11.8. The van der Waals surface area contributed by atoms with Crippen LogP contribution in [0.15, 0.2) is 29.2 Å². The van der Waals surface area contributed by atoms with E-state index in [0.717, 1.165) is 0 Å². The molecule has 0 aliphatic heterocycles. The van der Waals surface area contributed by atoms with Crippen molar-refractivity contribution in [2.24, 2.45) is 0 Å². The molecule has 0 amide bonds. The summed E-state index contributed by atoms with van der Waals surface area (Å²) in [4.78, 5) is 11.4. The Hall–Kier alpha value is -1.44. The highest BCUT2D eigenvalue weighted by atomic mass is 32.2. The van der Waals surface area contributed by atoms with Crippen molar-refractivity contribution in [2.45, 2.75) is 29.6 Å². The van der Waals surface area contributed by atoms with Gasteiger partial charge in [0.1, 0.15) is 0 Å². The SMILES string of the molecule is COCCCNS(=O)(=O)c1ccc(C2(C(=O)O)CC2)cc1. The fourth-order valence-corrected chi connectivity index (χ4v) is 3.28. The first-order valence-electron chi connectivity index (χ1n) is 6.75. The molecule has 1 fully saturated rings. The second kappa shape index (κ2) is 6.13. The average molecular weight is 313 g/mol. The summed E-state index contributed by atoms with van der Waals surface area (Å²) in [6, 6.07) is 6.09. The molecule has 2 rings (SSSR count). The number of carbonyl (C=O) groups is 1. The van der Waals surface area contributed by atoms with E-state index in [0.29, 0.717) is 38.0 Å². The van der Waals surface area contributed by atoms with E-state index in [9.17, 15) is 18.3 Å². The van der Waals surface area contributed by atoms with E-state index >= 15 is 0 Å². The van der Waals surface area contributed by atoms with Crippen molar-refractivity contribution >= 4 is 16.0 Å². The van der Waals surface area contributed by atoms with Crippen molar-refractivity contribution in [1.29, 1.82) is 0 Å². The van der Waals surface area contributed by atoms with Gasteiger partial charge in [-0.25, -0.2) is 13.1 Å². The molecule has 1 saturated carbocycles. The molecule has 7 heteroatoms. The van der Waals surface area contributed by atoms with Crippen LogP contribution in [0.3, 0.4) is 0 Å². The van der Waals surface area contributed by atoms with Crippen molar-refractivity contribution < 1.29 is 23.1 Å². The summed E-state index contributed by atoms with van der Waals surface area (Å²) >= 11 is 0. The number of benzene rings is 1. The monoisotopic (exact) mass is 313 g/mol. The molecule has 0 heterocycles. The van der Waals surface area contributed by atoms with Gasteiger partial charge in [0.25, 0.3) is 0 Å². The normalized spacial score (nSPS) is 16.6. The molecule has 1 aromatic carbocycles. The number of methoxy groups -OCH3 is 1. The molecule has 0 unspecified atom stereocenters. The first-order valence-corrected chi connectivity index (χ1v) is 8.23. The van der Waals surface area contributed by atoms with Gasteiger partial charge < -0.3 is 9.84 Å². The Labute approximate surface area is 124 Å². The summed E-state index contributed by atoms with van der Waals surface area (Å²) in [5, 5.41) is 9.21. The lowest BCUT2D eigenvalue weighted by atomic mass is 9.96. The number of nitrogens with one attached hydrogen (secondary N) is 1.